The average molecular weight is 315 g/mol. The molecule has 0 fully saturated rings. The van der Waals surface area contributed by atoms with E-state index < -0.39 is 17.5 Å². The highest BCUT2D eigenvalue weighted by atomic mass is 19.2. The first-order chi connectivity index (χ1) is 11.0. The van der Waals surface area contributed by atoms with E-state index in [1.165, 1.54) is 24.5 Å². The summed E-state index contributed by atoms with van der Waals surface area (Å²) in [5.41, 5.74) is 6.96. The van der Waals surface area contributed by atoms with Crippen LogP contribution in [0.15, 0.2) is 42.7 Å². The van der Waals surface area contributed by atoms with Gasteiger partial charge in [0.1, 0.15) is 12.4 Å². The number of aromatic nitrogens is 2. The minimum absolute atomic E-state index is 0.0593. The first-order valence-corrected chi connectivity index (χ1v) is 6.65. The molecule has 1 aromatic carbocycles. The van der Waals surface area contributed by atoms with Crippen LogP contribution in [0.4, 0.5) is 8.78 Å². The molecule has 1 amide bonds. The van der Waals surface area contributed by atoms with Crippen molar-refractivity contribution in [2.75, 3.05) is 0 Å². The van der Waals surface area contributed by atoms with Crippen LogP contribution >= 0.6 is 0 Å². The Bertz CT molecular complexity index is 900. The molecule has 0 bridgehead atoms. The van der Waals surface area contributed by atoms with Gasteiger partial charge in [0.05, 0.1) is 22.8 Å². The van der Waals surface area contributed by atoms with Crippen molar-refractivity contribution in [1.29, 1.82) is 0 Å². The molecule has 0 aliphatic heterocycles. The zero-order valence-electron chi connectivity index (χ0n) is 11.8. The van der Waals surface area contributed by atoms with Gasteiger partial charge in [-0.05, 0) is 23.8 Å². The summed E-state index contributed by atoms with van der Waals surface area (Å²) in [6, 6.07) is 6.71. The molecule has 23 heavy (non-hydrogen) atoms. The zero-order valence-corrected chi connectivity index (χ0v) is 11.8. The normalized spacial score (nSPS) is 10.7. The number of pyridine rings is 2. The second kappa shape index (κ2) is 5.96. The Labute approximate surface area is 129 Å². The fraction of sp³-hybridized carbons (Fsp3) is 0.0625. The molecule has 2 heterocycles. The number of benzene rings is 1. The van der Waals surface area contributed by atoms with Gasteiger partial charge in [-0.15, -0.1) is 0 Å². The fourth-order valence-corrected chi connectivity index (χ4v) is 1.99. The molecule has 7 heteroatoms. The van der Waals surface area contributed by atoms with E-state index >= 15 is 0 Å². The number of carbonyl (C=O) groups is 1. The molecule has 2 N–H and O–H groups in total. The molecule has 3 rings (SSSR count). The second-order valence-electron chi connectivity index (χ2n) is 4.83. The molecule has 0 saturated carbocycles. The van der Waals surface area contributed by atoms with Gasteiger partial charge in [-0.3, -0.25) is 14.8 Å². The lowest BCUT2D eigenvalue weighted by atomic mass is 10.2. The number of rotatable bonds is 4. The maximum Gasteiger partial charge on any atom is 0.250 e. The standard InChI is InChI=1S/C16H11F2N3O2/c17-12-2-1-9(3-13(12)18)8-23-11-5-15-14(21-7-11)4-10(6-20-15)16(19)22/h1-7H,8H2,(H2,19,22). The van der Waals surface area contributed by atoms with Gasteiger partial charge in [0, 0.05) is 12.3 Å². The van der Waals surface area contributed by atoms with E-state index in [1.54, 1.807) is 6.07 Å². The molecular formula is C16H11F2N3O2. The molecule has 0 aliphatic carbocycles. The lowest BCUT2D eigenvalue weighted by Crippen LogP contribution is -2.11. The number of hydrogen-bond acceptors (Lipinski definition) is 4. The van der Waals surface area contributed by atoms with Crippen LogP contribution in [0.25, 0.3) is 11.0 Å². The number of carbonyl (C=O) groups excluding carboxylic acids is 1. The van der Waals surface area contributed by atoms with E-state index in [9.17, 15) is 13.6 Å². The first kappa shape index (κ1) is 14.8. The highest BCUT2D eigenvalue weighted by Gasteiger charge is 2.07. The van der Waals surface area contributed by atoms with Crippen LogP contribution in [-0.4, -0.2) is 15.9 Å². The van der Waals surface area contributed by atoms with Gasteiger partial charge in [0.2, 0.25) is 5.91 Å². The number of amides is 1. The van der Waals surface area contributed by atoms with E-state index in [1.807, 2.05) is 0 Å². The van der Waals surface area contributed by atoms with E-state index in [-0.39, 0.29) is 12.2 Å². The highest BCUT2D eigenvalue weighted by molar-refractivity contribution is 5.95. The van der Waals surface area contributed by atoms with Crippen molar-refractivity contribution in [3.05, 3.63) is 65.5 Å². The third-order valence-electron chi connectivity index (χ3n) is 3.18. The number of primary amides is 1. The summed E-state index contributed by atoms with van der Waals surface area (Å²) < 4.78 is 31.5. The Morgan fingerprint density at radius 2 is 1.78 bits per heavy atom. The first-order valence-electron chi connectivity index (χ1n) is 6.65. The quantitative estimate of drug-likeness (QED) is 0.802. The van der Waals surface area contributed by atoms with Gasteiger partial charge in [-0.25, -0.2) is 8.78 Å². The number of ether oxygens (including phenoxy) is 1. The van der Waals surface area contributed by atoms with E-state index in [4.69, 9.17) is 10.5 Å². The third-order valence-corrected chi connectivity index (χ3v) is 3.18. The van der Waals surface area contributed by atoms with Crippen molar-refractivity contribution in [3.8, 4) is 5.75 Å². The zero-order chi connectivity index (χ0) is 16.4. The minimum atomic E-state index is -0.927. The number of hydrogen-bond donors (Lipinski definition) is 1. The number of fused-ring (bicyclic) bond motifs is 1. The van der Waals surface area contributed by atoms with Gasteiger partial charge < -0.3 is 10.5 Å². The SMILES string of the molecule is NC(=O)c1cnc2cc(OCc3ccc(F)c(F)c3)cnc2c1. The molecule has 0 radical (unpaired) electrons. The maximum atomic E-state index is 13.1. The Hall–Kier alpha value is -3.09. The van der Waals surface area contributed by atoms with Crippen LogP contribution < -0.4 is 10.5 Å². The third kappa shape index (κ3) is 3.23. The minimum Gasteiger partial charge on any atom is -0.487 e. The molecule has 0 saturated heterocycles. The van der Waals surface area contributed by atoms with Crippen molar-refractivity contribution in [1.82, 2.24) is 9.97 Å². The van der Waals surface area contributed by atoms with Crippen LogP contribution in [0.2, 0.25) is 0 Å². The highest BCUT2D eigenvalue weighted by Crippen LogP contribution is 2.19. The monoisotopic (exact) mass is 315 g/mol. The van der Waals surface area contributed by atoms with Gasteiger partial charge in [0.15, 0.2) is 11.6 Å². The average Bonchev–Trinajstić information content (AvgIpc) is 2.55. The topological polar surface area (TPSA) is 78.1 Å². The molecule has 116 valence electrons. The van der Waals surface area contributed by atoms with Crippen molar-refractivity contribution in [2.24, 2.45) is 5.73 Å². The summed E-state index contributed by atoms with van der Waals surface area (Å²) in [4.78, 5) is 19.3. The largest absolute Gasteiger partial charge is 0.487 e. The molecule has 3 aromatic rings. The number of nitrogens with two attached hydrogens (primary N) is 1. The molecular weight excluding hydrogens is 304 g/mol. The van der Waals surface area contributed by atoms with Crippen molar-refractivity contribution >= 4 is 16.9 Å². The summed E-state index contributed by atoms with van der Waals surface area (Å²) in [7, 11) is 0. The predicted octanol–water partition coefficient (Wildman–Crippen LogP) is 2.59. The van der Waals surface area contributed by atoms with Gasteiger partial charge in [0.25, 0.3) is 0 Å². The van der Waals surface area contributed by atoms with Crippen molar-refractivity contribution in [2.45, 2.75) is 6.61 Å². The number of halogens is 2. The molecule has 0 aliphatic rings. The summed E-state index contributed by atoms with van der Waals surface area (Å²) in [6.07, 6.45) is 2.81. The molecule has 0 unspecified atom stereocenters. The summed E-state index contributed by atoms with van der Waals surface area (Å²) in [5, 5.41) is 0. The maximum absolute atomic E-state index is 13.1. The second-order valence-corrected chi connectivity index (χ2v) is 4.83. The van der Waals surface area contributed by atoms with E-state index in [0.29, 0.717) is 22.3 Å². The Morgan fingerprint density at radius 3 is 2.52 bits per heavy atom. The summed E-state index contributed by atoms with van der Waals surface area (Å²) in [6.45, 7) is 0.0593. The predicted molar refractivity (Wildman–Crippen MR) is 78.7 cm³/mol. The van der Waals surface area contributed by atoms with Crippen LogP contribution in [0, 0.1) is 11.6 Å². The van der Waals surface area contributed by atoms with E-state index in [2.05, 4.69) is 9.97 Å². The molecule has 5 nitrogen and oxygen atoms in total. The van der Waals surface area contributed by atoms with Gasteiger partial charge in [-0.1, -0.05) is 6.07 Å². The smallest absolute Gasteiger partial charge is 0.250 e. The molecule has 2 aromatic heterocycles. The van der Waals surface area contributed by atoms with Crippen LogP contribution in [0.5, 0.6) is 5.75 Å². The number of nitrogens with zero attached hydrogens (tertiary/aromatic N) is 2. The summed E-state index contributed by atoms with van der Waals surface area (Å²) >= 11 is 0. The lowest BCUT2D eigenvalue weighted by Gasteiger charge is -2.07. The van der Waals surface area contributed by atoms with Crippen molar-refractivity contribution in [3.63, 3.8) is 0 Å². The Morgan fingerprint density at radius 1 is 1.04 bits per heavy atom. The molecule has 0 spiro atoms. The van der Waals surface area contributed by atoms with Crippen molar-refractivity contribution < 1.29 is 18.3 Å². The van der Waals surface area contributed by atoms with Crippen LogP contribution in [0.1, 0.15) is 15.9 Å². The fourth-order valence-electron chi connectivity index (χ4n) is 1.99. The van der Waals surface area contributed by atoms with Crippen LogP contribution in [0.3, 0.4) is 0 Å². The van der Waals surface area contributed by atoms with Gasteiger partial charge >= 0.3 is 0 Å². The molecule has 0 atom stereocenters. The lowest BCUT2D eigenvalue weighted by molar-refractivity contribution is 0.1000. The Kier molecular flexibility index (Phi) is 3.84. The summed E-state index contributed by atoms with van der Waals surface area (Å²) in [5.74, 6) is -2.00. The van der Waals surface area contributed by atoms with Crippen LogP contribution in [-0.2, 0) is 6.61 Å². The van der Waals surface area contributed by atoms with Gasteiger partial charge in [-0.2, -0.15) is 0 Å². The Balaban J connectivity index is 1.79. The van der Waals surface area contributed by atoms with E-state index in [0.717, 1.165) is 12.1 Å².